The zero-order valence-electron chi connectivity index (χ0n) is 14.2. The summed E-state index contributed by atoms with van der Waals surface area (Å²) < 4.78 is 0. The predicted molar refractivity (Wildman–Crippen MR) is 91.7 cm³/mol. The van der Waals surface area contributed by atoms with Crippen molar-refractivity contribution in [3.05, 3.63) is 35.4 Å². The third kappa shape index (κ3) is 5.44. The van der Waals surface area contributed by atoms with Gasteiger partial charge in [0.15, 0.2) is 0 Å². The second-order valence-electron chi connectivity index (χ2n) is 7.16. The fourth-order valence-electron chi connectivity index (χ4n) is 3.27. The number of benzene rings is 1. The van der Waals surface area contributed by atoms with E-state index in [4.69, 9.17) is 0 Å². The van der Waals surface area contributed by atoms with Gasteiger partial charge in [0.05, 0.1) is 0 Å². The SMILES string of the molecule is CC(C)Cc1ccc(C(C)NC2CCCN(C)CC2)cc1. The molecule has 1 aliphatic rings. The first-order valence-electron chi connectivity index (χ1n) is 8.58. The molecule has 0 spiro atoms. The van der Waals surface area contributed by atoms with Crippen molar-refractivity contribution < 1.29 is 0 Å². The first-order valence-corrected chi connectivity index (χ1v) is 8.58. The molecule has 1 saturated heterocycles. The molecular weight excluding hydrogens is 256 g/mol. The number of likely N-dealkylation sites (tertiary alicyclic amines) is 1. The van der Waals surface area contributed by atoms with Crippen molar-refractivity contribution in [2.75, 3.05) is 20.1 Å². The lowest BCUT2D eigenvalue weighted by molar-refractivity contribution is 0.340. The number of nitrogens with one attached hydrogen (secondary N) is 1. The van der Waals surface area contributed by atoms with Gasteiger partial charge in [0.25, 0.3) is 0 Å². The predicted octanol–water partition coefficient (Wildman–Crippen LogP) is 4.02. The Hall–Kier alpha value is -0.860. The third-order valence-corrected chi connectivity index (χ3v) is 4.56. The zero-order valence-corrected chi connectivity index (χ0v) is 14.2. The van der Waals surface area contributed by atoms with Gasteiger partial charge in [0.2, 0.25) is 0 Å². The summed E-state index contributed by atoms with van der Waals surface area (Å²) in [6, 6.07) is 10.3. The van der Waals surface area contributed by atoms with Gasteiger partial charge in [-0.1, -0.05) is 38.1 Å². The lowest BCUT2D eigenvalue weighted by Gasteiger charge is -2.22. The molecule has 0 aliphatic carbocycles. The molecule has 1 aromatic carbocycles. The highest BCUT2D eigenvalue weighted by molar-refractivity contribution is 5.25. The Morgan fingerprint density at radius 2 is 1.81 bits per heavy atom. The zero-order chi connectivity index (χ0) is 15.2. The van der Waals surface area contributed by atoms with Crippen LogP contribution in [0.25, 0.3) is 0 Å². The van der Waals surface area contributed by atoms with Crippen LogP contribution in [0.1, 0.15) is 57.2 Å². The monoisotopic (exact) mass is 288 g/mol. The van der Waals surface area contributed by atoms with Crippen LogP contribution in [0.5, 0.6) is 0 Å². The molecule has 1 fully saturated rings. The van der Waals surface area contributed by atoms with Gasteiger partial charge in [-0.3, -0.25) is 0 Å². The minimum atomic E-state index is 0.450. The van der Waals surface area contributed by atoms with E-state index in [1.54, 1.807) is 0 Å². The fraction of sp³-hybridized carbons (Fsp3) is 0.684. The molecule has 2 unspecified atom stereocenters. The minimum Gasteiger partial charge on any atom is -0.307 e. The highest BCUT2D eigenvalue weighted by Crippen LogP contribution is 2.19. The highest BCUT2D eigenvalue weighted by Gasteiger charge is 2.17. The van der Waals surface area contributed by atoms with Gasteiger partial charge in [-0.05, 0) is 69.8 Å². The first-order chi connectivity index (χ1) is 10.0. The summed E-state index contributed by atoms with van der Waals surface area (Å²) >= 11 is 0. The summed E-state index contributed by atoms with van der Waals surface area (Å²) in [5, 5.41) is 3.83. The van der Waals surface area contributed by atoms with Crippen LogP contribution in [0.15, 0.2) is 24.3 Å². The molecule has 0 radical (unpaired) electrons. The van der Waals surface area contributed by atoms with E-state index in [-0.39, 0.29) is 0 Å². The van der Waals surface area contributed by atoms with Crippen molar-refractivity contribution in [2.45, 2.75) is 58.5 Å². The van der Waals surface area contributed by atoms with E-state index in [1.807, 2.05) is 0 Å². The van der Waals surface area contributed by atoms with Gasteiger partial charge in [0, 0.05) is 12.1 Å². The largest absolute Gasteiger partial charge is 0.307 e. The van der Waals surface area contributed by atoms with E-state index in [2.05, 4.69) is 62.3 Å². The van der Waals surface area contributed by atoms with E-state index in [0.717, 1.165) is 5.92 Å². The molecule has 0 bridgehead atoms. The second-order valence-corrected chi connectivity index (χ2v) is 7.16. The van der Waals surface area contributed by atoms with Crippen LogP contribution in [-0.4, -0.2) is 31.1 Å². The van der Waals surface area contributed by atoms with Crippen molar-refractivity contribution in [2.24, 2.45) is 5.92 Å². The number of nitrogens with zero attached hydrogens (tertiary/aromatic N) is 1. The molecule has 118 valence electrons. The number of hydrogen-bond donors (Lipinski definition) is 1. The number of rotatable bonds is 5. The van der Waals surface area contributed by atoms with Crippen LogP contribution in [0.2, 0.25) is 0 Å². The summed E-state index contributed by atoms with van der Waals surface area (Å²) in [7, 11) is 2.24. The molecule has 0 saturated carbocycles. The van der Waals surface area contributed by atoms with Crippen LogP contribution in [0.4, 0.5) is 0 Å². The molecule has 21 heavy (non-hydrogen) atoms. The van der Waals surface area contributed by atoms with Gasteiger partial charge in [-0.15, -0.1) is 0 Å². The van der Waals surface area contributed by atoms with Gasteiger partial charge in [0.1, 0.15) is 0 Å². The van der Waals surface area contributed by atoms with Crippen molar-refractivity contribution >= 4 is 0 Å². The molecule has 1 heterocycles. The van der Waals surface area contributed by atoms with Crippen LogP contribution >= 0.6 is 0 Å². The molecule has 2 nitrogen and oxygen atoms in total. The van der Waals surface area contributed by atoms with Gasteiger partial charge < -0.3 is 10.2 Å². The Bertz CT molecular complexity index is 410. The van der Waals surface area contributed by atoms with E-state index in [0.29, 0.717) is 12.1 Å². The highest BCUT2D eigenvalue weighted by atomic mass is 15.1. The van der Waals surface area contributed by atoms with E-state index in [9.17, 15) is 0 Å². The van der Waals surface area contributed by atoms with E-state index in [1.165, 1.54) is 49.9 Å². The van der Waals surface area contributed by atoms with E-state index < -0.39 is 0 Å². The standard InChI is InChI=1S/C19H32N2/c1-15(2)14-17-7-9-18(10-8-17)16(3)20-19-6-5-12-21(4)13-11-19/h7-10,15-16,19-20H,5-6,11-14H2,1-4H3. The average molecular weight is 288 g/mol. The summed E-state index contributed by atoms with van der Waals surface area (Å²) in [6.45, 7) is 9.32. The summed E-state index contributed by atoms with van der Waals surface area (Å²) in [5.41, 5.74) is 2.87. The number of hydrogen-bond acceptors (Lipinski definition) is 2. The Balaban J connectivity index is 1.88. The summed E-state index contributed by atoms with van der Waals surface area (Å²) in [5.74, 6) is 0.731. The van der Waals surface area contributed by atoms with Gasteiger partial charge in [-0.25, -0.2) is 0 Å². The maximum atomic E-state index is 3.83. The smallest absolute Gasteiger partial charge is 0.0294 e. The first kappa shape index (κ1) is 16.5. The maximum absolute atomic E-state index is 3.83. The average Bonchev–Trinajstić information content (AvgIpc) is 2.64. The summed E-state index contributed by atoms with van der Waals surface area (Å²) in [4.78, 5) is 2.45. The van der Waals surface area contributed by atoms with Crippen LogP contribution in [0, 0.1) is 5.92 Å². The van der Waals surface area contributed by atoms with Crippen LogP contribution in [-0.2, 0) is 6.42 Å². The third-order valence-electron chi connectivity index (χ3n) is 4.56. The Morgan fingerprint density at radius 3 is 2.48 bits per heavy atom. The quantitative estimate of drug-likeness (QED) is 0.880. The fourth-order valence-corrected chi connectivity index (χ4v) is 3.27. The lowest BCUT2D eigenvalue weighted by atomic mass is 9.99. The molecule has 0 aromatic heterocycles. The normalized spacial score (nSPS) is 22.2. The topological polar surface area (TPSA) is 15.3 Å². The van der Waals surface area contributed by atoms with Crippen molar-refractivity contribution in [1.82, 2.24) is 10.2 Å². The van der Waals surface area contributed by atoms with Crippen molar-refractivity contribution in [1.29, 1.82) is 0 Å². The Morgan fingerprint density at radius 1 is 1.10 bits per heavy atom. The maximum Gasteiger partial charge on any atom is 0.0294 e. The van der Waals surface area contributed by atoms with Crippen LogP contribution in [0.3, 0.4) is 0 Å². The van der Waals surface area contributed by atoms with Gasteiger partial charge in [-0.2, -0.15) is 0 Å². The summed E-state index contributed by atoms with van der Waals surface area (Å²) in [6.07, 6.45) is 5.07. The van der Waals surface area contributed by atoms with Crippen molar-refractivity contribution in [3.8, 4) is 0 Å². The van der Waals surface area contributed by atoms with Gasteiger partial charge >= 0.3 is 0 Å². The lowest BCUT2D eigenvalue weighted by Crippen LogP contribution is -2.32. The molecule has 1 aromatic rings. The molecule has 0 amide bonds. The molecule has 2 atom stereocenters. The van der Waals surface area contributed by atoms with E-state index >= 15 is 0 Å². The molecule has 2 heteroatoms. The molecular formula is C19H32N2. The second kappa shape index (κ2) is 7.95. The minimum absolute atomic E-state index is 0.450. The molecule has 2 rings (SSSR count). The Labute approximate surface area is 130 Å². The van der Waals surface area contributed by atoms with Crippen LogP contribution < -0.4 is 5.32 Å². The molecule has 1 aliphatic heterocycles. The van der Waals surface area contributed by atoms with Crippen molar-refractivity contribution in [3.63, 3.8) is 0 Å². The Kier molecular flexibility index (Phi) is 6.25. The molecule has 1 N–H and O–H groups in total.